The molecule has 0 atom stereocenters. The van der Waals surface area contributed by atoms with Gasteiger partial charge in [-0.3, -0.25) is 9.78 Å². The minimum absolute atomic E-state index is 0.0186. The Morgan fingerprint density at radius 1 is 1.25 bits per heavy atom. The molecule has 0 N–H and O–H groups in total. The van der Waals surface area contributed by atoms with Gasteiger partial charge in [0, 0.05) is 18.0 Å². The standard InChI is InChI=1S/C15H13FN2O2/c16-12-3-1-2-11(8-12)15(19)18-9-14(10-18)20-13-4-6-17-7-5-13/h1-8,14H,9-10H2. The highest BCUT2D eigenvalue weighted by Gasteiger charge is 2.32. The molecule has 4 nitrogen and oxygen atoms in total. The number of carbonyl (C=O) groups excluding carboxylic acids is 1. The van der Waals surface area contributed by atoms with Crippen LogP contribution >= 0.6 is 0 Å². The average Bonchev–Trinajstić information content (AvgIpc) is 2.43. The summed E-state index contributed by atoms with van der Waals surface area (Å²) >= 11 is 0. The van der Waals surface area contributed by atoms with Crippen LogP contribution in [0.3, 0.4) is 0 Å². The number of nitrogens with zero attached hydrogens (tertiary/aromatic N) is 2. The lowest BCUT2D eigenvalue weighted by Gasteiger charge is -2.39. The second kappa shape index (κ2) is 5.28. The maximum absolute atomic E-state index is 13.1. The van der Waals surface area contributed by atoms with E-state index in [0.29, 0.717) is 18.7 Å². The van der Waals surface area contributed by atoms with Gasteiger partial charge in [-0.25, -0.2) is 4.39 Å². The molecule has 1 fully saturated rings. The fourth-order valence-corrected chi connectivity index (χ4v) is 2.09. The second-order valence-electron chi connectivity index (χ2n) is 4.64. The molecule has 3 rings (SSSR count). The number of benzene rings is 1. The van der Waals surface area contributed by atoms with Crippen LogP contribution in [0.1, 0.15) is 10.4 Å². The van der Waals surface area contributed by atoms with Crippen LogP contribution in [0.25, 0.3) is 0 Å². The van der Waals surface area contributed by atoms with Crippen LogP contribution in [0.2, 0.25) is 0 Å². The molecular formula is C15H13FN2O2. The number of pyridine rings is 1. The monoisotopic (exact) mass is 272 g/mol. The van der Waals surface area contributed by atoms with Crippen LogP contribution < -0.4 is 4.74 Å². The Kier molecular flexibility index (Phi) is 3.33. The summed E-state index contributed by atoms with van der Waals surface area (Å²) in [7, 11) is 0. The van der Waals surface area contributed by atoms with Crippen LogP contribution in [-0.2, 0) is 0 Å². The third-order valence-electron chi connectivity index (χ3n) is 3.16. The van der Waals surface area contributed by atoms with E-state index in [1.54, 1.807) is 35.5 Å². The number of hydrogen-bond acceptors (Lipinski definition) is 3. The summed E-state index contributed by atoms with van der Waals surface area (Å²) < 4.78 is 18.8. The van der Waals surface area contributed by atoms with Gasteiger partial charge < -0.3 is 9.64 Å². The molecule has 1 aromatic heterocycles. The van der Waals surface area contributed by atoms with Crippen molar-refractivity contribution in [3.05, 3.63) is 60.2 Å². The van der Waals surface area contributed by atoms with Gasteiger partial charge in [-0.1, -0.05) is 6.07 Å². The number of rotatable bonds is 3. The SMILES string of the molecule is O=C(c1cccc(F)c1)N1CC(Oc2ccncc2)C1. The number of aromatic nitrogens is 1. The van der Waals surface area contributed by atoms with Crippen LogP contribution in [0.4, 0.5) is 4.39 Å². The summed E-state index contributed by atoms with van der Waals surface area (Å²) in [5, 5.41) is 0. The van der Waals surface area contributed by atoms with Crippen molar-refractivity contribution >= 4 is 5.91 Å². The molecule has 5 heteroatoms. The number of amides is 1. The van der Waals surface area contributed by atoms with Crippen molar-refractivity contribution in [2.75, 3.05) is 13.1 Å². The van der Waals surface area contributed by atoms with E-state index in [4.69, 9.17) is 4.74 Å². The number of ether oxygens (including phenoxy) is 1. The first kappa shape index (κ1) is 12.6. The van der Waals surface area contributed by atoms with E-state index in [-0.39, 0.29) is 12.0 Å². The van der Waals surface area contributed by atoms with Crippen molar-refractivity contribution in [1.29, 1.82) is 0 Å². The van der Waals surface area contributed by atoms with Crippen molar-refractivity contribution in [1.82, 2.24) is 9.88 Å². The summed E-state index contributed by atoms with van der Waals surface area (Å²) in [6.07, 6.45) is 3.29. The zero-order valence-electron chi connectivity index (χ0n) is 10.7. The zero-order valence-corrected chi connectivity index (χ0v) is 10.7. The van der Waals surface area contributed by atoms with E-state index in [1.807, 2.05) is 0 Å². The van der Waals surface area contributed by atoms with Gasteiger partial charge in [-0.15, -0.1) is 0 Å². The molecule has 0 saturated carbocycles. The highest BCUT2D eigenvalue weighted by molar-refractivity contribution is 5.94. The molecular weight excluding hydrogens is 259 g/mol. The molecule has 1 aromatic carbocycles. The molecule has 2 heterocycles. The van der Waals surface area contributed by atoms with Crippen molar-refractivity contribution in [2.45, 2.75) is 6.10 Å². The molecule has 20 heavy (non-hydrogen) atoms. The van der Waals surface area contributed by atoms with Gasteiger partial charge in [0.1, 0.15) is 17.7 Å². The quantitative estimate of drug-likeness (QED) is 0.859. The van der Waals surface area contributed by atoms with Crippen LogP contribution in [0.15, 0.2) is 48.8 Å². The smallest absolute Gasteiger partial charge is 0.254 e. The van der Waals surface area contributed by atoms with E-state index < -0.39 is 5.82 Å². The molecule has 0 unspecified atom stereocenters. The van der Waals surface area contributed by atoms with Gasteiger partial charge in [0.05, 0.1) is 13.1 Å². The molecule has 1 aliphatic rings. The van der Waals surface area contributed by atoms with Gasteiger partial charge in [0.15, 0.2) is 0 Å². The predicted molar refractivity (Wildman–Crippen MR) is 71.0 cm³/mol. The molecule has 1 saturated heterocycles. The first-order chi connectivity index (χ1) is 9.72. The number of carbonyl (C=O) groups is 1. The fraction of sp³-hybridized carbons (Fsp3) is 0.200. The van der Waals surface area contributed by atoms with Crippen LogP contribution in [0, 0.1) is 5.82 Å². The highest BCUT2D eigenvalue weighted by Crippen LogP contribution is 2.19. The summed E-state index contributed by atoms with van der Waals surface area (Å²) in [4.78, 5) is 17.6. The Hall–Kier alpha value is -2.43. The van der Waals surface area contributed by atoms with Crippen LogP contribution in [-0.4, -0.2) is 35.0 Å². The number of halogens is 1. The van der Waals surface area contributed by atoms with Gasteiger partial charge in [0.25, 0.3) is 5.91 Å². The van der Waals surface area contributed by atoms with Crippen molar-refractivity contribution < 1.29 is 13.9 Å². The molecule has 1 aliphatic heterocycles. The van der Waals surface area contributed by atoms with E-state index in [1.165, 1.54) is 18.2 Å². The topological polar surface area (TPSA) is 42.4 Å². The van der Waals surface area contributed by atoms with Gasteiger partial charge in [-0.2, -0.15) is 0 Å². The predicted octanol–water partition coefficient (Wildman–Crippen LogP) is 2.12. The third kappa shape index (κ3) is 2.61. The Balaban J connectivity index is 1.56. The minimum atomic E-state index is -0.402. The van der Waals surface area contributed by atoms with E-state index in [0.717, 1.165) is 5.75 Å². The Morgan fingerprint density at radius 2 is 2.00 bits per heavy atom. The first-order valence-electron chi connectivity index (χ1n) is 6.34. The van der Waals surface area contributed by atoms with E-state index in [2.05, 4.69) is 4.98 Å². The Morgan fingerprint density at radius 3 is 2.70 bits per heavy atom. The largest absolute Gasteiger partial charge is 0.487 e. The Labute approximate surface area is 115 Å². The van der Waals surface area contributed by atoms with Gasteiger partial charge >= 0.3 is 0 Å². The average molecular weight is 272 g/mol. The lowest BCUT2D eigenvalue weighted by molar-refractivity contribution is 0.0177. The molecule has 0 spiro atoms. The molecule has 0 radical (unpaired) electrons. The summed E-state index contributed by atoms with van der Waals surface area (Å²) in [5.41, 5.74) is 0.368. The maximum Gasteiger partial charge on any atom is 0.254 e. The van der Waals surface area contributed by atoms with E-state index >= 15 is 0 Å². The minimum Gasteiger partial charge on any atom is -0.487 e. The van der Waals surface area contributed by atoms with E-state index in [9.17, 15) is 9.18 Å². The Bertz CT molecular complexity index is 612. The highest BCUT2D eigenvalue weighted by atomic mass is 19.1. The van der Waals surface area contributed by atoms with Gasteiger partial charge in [0.2, 0.25) is 0 Å². The molecule has 1 amide bonds. The summed E-state index contributed by atoms with van der Waals surface area (Å²) in [5.74, 6) is 0.169. The molecule has 0 bridgehead atoms. The molecule has 2 aromatic rings. The van der Waals surface area contributed by atoms with Crippen molar-refractivity contribution in [2.24, 2.45) is 0 Å². The fourth-order valence-electron chi connectivity index (χ4n) is 2.09. The van der Waals surface area contributed by atoms with Crippen LogP contribution in [0.5, 0.6) is 5.75 Å². The number of hydrogen-bond donors (Lipinski definition) is 0. The lowest BCUT2D eigenvalue weighted by Crippen LogP contribution is -2.56. The summed E-state index contributed by atoms with van der Waals surface area (Å²) in [6, 6.07) is 9.27. The van der Waals surface area contributed by atoms with Gasteiger partial charge in [-0.05, 0) is 30.3 Å². The first-order valence-corrected chi connectivity index (χ1v) is 6.34. The third-order valence-corrected chi connectivity index (χ3v) is 3.16. The number of likely N-dealkylation sites (tertiary alicyclic amines) is 1. The summed E-state index contributed by atoms with van der Waals surface area (Å²) in [6.45, 7) is 1.02. The van der Waals surface area contributed by atoms with Crippen molar-refractivity contribution in [3.63, 3.8) is 0 Å². The zero-order chi connectivity index (χ0) is 13.9. The molecule has 0 aliphatic carbocycles. The molecule has 102 valence electrons. The van der Waals surface area contributed by atoms with Crippen molar-refractivity contribution in [3.8, 4) is 5.75 Å². The second-order valence-corrected chi connectivity index (χ2v) is 4.64. The lowest BCUT2D eigenvalue weighted by atomic mass is 10.1. The normalized spacial score (nSPS) is 14.8. The maximum atomic E-state index is 13.1.